The van der Waals surface area contributed by atoms with Crippen molar-refractivity contribution in [2.45, 2.75) is 57.7 Å². The minimum Gasteiger partial charge on any atom is -0.322 e. The van der Waals surface area contributed by atoms with Crippen LogP contribution in [-0.2, 0) is 22.7 Å². The highest BCUT2D eigenvalue weighted by Crippen LogP contribution is 2.32. The van der Waals surface area contributed by atoms with Gasteiger partial charge < -0.3 is 10.2 Å². The number of carbonyl (C=O) groups is 3. The first-order chi connectivity index (χ1) is 15.1. The Bertz CT molecular complexity index is 880. The van der Waals surface area contributed by atoms with Gasteiger partial charge >= 0.3 is 0 Å². The van der Waals surface area contributed by atoms with Crippen LogP contribution < -0.4 is 10.6 Å². The fourth-order valence-electron chi connectivity index (χ4n) is 5.92. The lowest BCUT2D eigenvalue weighted by molar-refractivity contribution is -0.136. The van der Waals surface area contributed by atoms with Crippen molar-refractivity contribution in [3.05, 3.63) is 34.9 Å². The van der Waals surface area contributed by atoms with E-state index in [-0.39, 0.29) is 24.1 Å². The standard InChI is InChI=1S/C24H32N4O3/c29-22-6-5-21(23(30)26-22)28-15-19-12-16(3-4-20(19)24(28)31)13-27-11-1-2-18(14-27)17-7-9-25-10-8-17/h3-4,12,17-18,21,25H,1-2,5-11,13-15H2,(H,26,29,30). The van der Waals surface area contributed by atoms with Crippen molar-refractivity contribution in [2.75, 3.05) is 26.2 Å². The summed E-state index contributed by atoms with van der Waals surface area (Å²) in [6.07, 6.45) is 5.91. The number of likely N-dealkylation sites (tertiary alicyclic amines) is 1. The summed E-state index contributed by atoms with van der Waals surface area (Å²) in [5.74, 6) is 0.950. The summed E-state index contributed by atoms with van der Waals surface area (Å²) in [6.45, 7) is 5.99. The minimum atomic E-state index is -0.547. The van der Waals surface area contributed by atoms with Crippen molar-refractivity contribution in [3.8, 4) is 0 Å². The Morgan fingerprint density at radius 1 is 1.00 bits per heavy atom. The minimum absolute atomic E-state index is 0.0972. The van der Waals surface area contributed by atoms with Crippen molar-refractivity contribution >= 4 is 17.7 Å². The van der Waals surface area contributed by atoms with Crippen molar-refractivity contribution < 1.29 is 14.4 Å². The molecule has 3 saturated heterocycles. The lowest BCUT2D eigenvalue weighted by atomic mass is 9.80. The second-order valence-corrected chi connectivity index (χ2v) is 9.62. The van der Waals surface area contributed by atoms with Gasteiger partial charge in [-0.2, -0.15) is 0 Å². The van der Waals surface area contributed by atoms with Gasteiger partial charge in [0.15, 0.2) is 0 Å². The van der Waals surface area contributed by atoms with Gasteiger partial charge in [0.05, 0.1) is 0 Å². The van der Waals surface area contributed by atoms with E-state index in [1.165, 1.54) is 37.8 Å². The van der Waals surface area contributed by atoms with Crippen LogP contribution in [0.5, 0.6) is 0 Å². The van der Waals surface area contributed by atoms with E-state index in [2.05, 4.69) is 27.7 Å². The zero-order chi connectivity index (χ0) is 21.4. The van der Waals surface area contributed by atoms with Crippen LogP contribution in [0, 0.1) is 11.8 Å². The first kappa shape index (κ1) is 20.6. The number of fused-ring (bicyclic) bond motifs is 1. The van der Waals surface area contributed by atoms with E-state index >= 15 is 0 Å². The molecule has 0 spiro atoms. The third-order valence-electron chi connectivity index (χ3n) is 7.59. The molecule has 4 heterocycles. The molecule has 3 fully saturated rings. The molecule has 2 N–H and O–H groups in total. The third kappa shape index (κ3) is 4.26. The number of carbonyl (C=O) groups excluding carboxylic acids is 3. The third-order valence-corrected chi connectivity index (χ3v) is 7.59. The molecular weight excluding hydrogens is 392 g/mol. The van der Waals surface area contributed by atoms with E-state index in [1.807, 2.05) is 6.07 Å². The highest BCUT2D eigenvalue weighted by molar-refractivity contribution is 6.05. The summed E-state index contributed by atoms with van der Waals surface area (Å²) < 4.78 is 0. The van der Waals surface area contributed by atoms with Crippen LogP contribution in [-0.4, -0.2) is 59.7 Å². The van der Waals surface area contributed by atoms with Gasteiger partial charge in [-0.05, 0) is 80.8 Å². The maximum Gasteiger partial charge on any atom is 0.255 e. The van der Waals surface area contributed by atoms with Gasteiger partial charge in [0.25, 0.3) is 5.91 Å². The van der Waals surface area contributed by atoms with Gasteiger partial charge in [-0.25, -0.2) is 0 Å². The maximum absolute atomic E-state index is 12.9. The number of imide groups is 1. The zero-order valence-corrected chi connectivity index (χ0v) is 18.1. The van der Waals surface area contributed by atoms with E-state index in [0.29, 0.717) is 18.5 Å². The Labute approximate surface area is 183 Å². The van der Waals surface area contributed by atoms with Crippen LogP contribution in [0.2, 0.25) is 0 Å². The smallest absolute Gasteiger partial charge is 0.255 e. The average molecular weight is 425 g/mol. The van der Waals surface area contributed by atoms with Gasteiger partial charge in [0.1, 0.15) is 6.04 Å². The molecule has 7 nitrogen and oxygen atoms in total. The highest BCUT2D eigenvalue weighted by Gasteiger charge is 2.39. The SMILES string of the molecule is O=C1CCC(N2Cc3cc(CN4CCCC(C5CCNCC5)C4)ccc3C2=O)C(=O)N1. The lowest BCUT2D eigenvalue weighted by Crippen LogP contribution is -2.52. The van der Waals surface area contributed by atoms with Crippen molar-refractivity contribution in [1.29, 1.82) is 0 Å². The maximum atomic E-state index is 12.9. The molecule has 7 heteroatoms. The Morgan fingerprint density at radius 2 is 1.84 bits per heavy atom. The van der Waals surface area contributed by atoms with Crippen LogP contribution in [0.1, 0.15) is 60.0 Å². The normalized spacial score (nSPS) is 28.0. The van der Waals surface area contributed by atoms with Crippen molar-refractivity contribution in [2.24, 2.45) is 11.8 Å². The van der Waals surface area contributed by atoms with Crippen LogP contribution >= 0.6 is 0 Å². The second-order valence-electron chi connectivity index (χ2n) is 9.62. The molecule has 31 heavy (non-hydrogen) atoms. The Hall–Kier alpha value is -2.25. The molecule has 0 aliphatic carbocycles. The average Bonchev–Trinajstić information content (AvgIpc) is 3.10. The molecule has 2 unspecified atom stereocenters. The predicted molar refractivity (Wildman–Crippen MR) is 116 cm³/mol. The molecule has 0 radical (unpaired) electrons. The number of piperidine rings is 3. The molecule has 5 rings (SSSR count). The Kier molecular flexibility index (Phi) is 5.80. The van der Waals surface area contributed by atoms with Gasteiger partial charge in [-0.3, -0.25) is 24.6 Å². The summed E-state index contributed by atoms with van der Waals surface area (Å²) in [4.78, 5) is 40.8. The molecule has 166 valence electrons. The number of hydrogen-bond acceptors (Lipinski definition) is 5. The first-order valence-electron chi connectivity index (χ1n) is 11.8. The quantitative estimate of drug-likeness (QED) is 0.719. The molecule has 0 aromatic heterocycles. The summed E-state index contributed by atoms with van der Waals surface area (Å²) in [6, 6.07) is 5.59. The molecule has 3 amide bonds. The van der Waals surface area contributed by atoms with E-state index in [4.69, 9.17) is 0 Å². The topological polar surface area (TPSA) is 81.8 Å². The fraction of sp³-hybridized carbons (Fsp3) is 0.625. The van der Waals surface area contributed by atoms with Crippen molar-refractivity contribution in [3.63, 3.8) is 0 Å². The summed E-state index contributed by atoms with van der Waals surface area (Å²) >= 11 is 0. The first-order valence-corrected chi connectivity index (χ1v) is 11.8. The zero-order valence-electron chi connectivity index (χ0n) is 18.1. The molecular formula is C24H32N4O3. The second kappa shape index (κ2) is 8.71. The molecule has 2 atom stereocenters. The van der Waals surface area contributed by atoms with Gasteiger partial charge in [-0.1, -0.05) is 12.1 Å². The van der Waals surface area contributed by atoms with E-state index in [1.54, 1.807) is 4.90 Å². The largest absolute Gasteiger partial charge is 0.322 e. The summed E-state index contributed by atoms with van der Waals surface area (Å²) in [5.41, 5.74) is 2.93. The van der Waals surface area contributed by atoms with Gasteiger partial charge in [-0.15, -0.1) is 0 Å². The number of amides is 3. The number of benzene rings is 1. The van der Waals surface area contributed by atoms with E-state index in [0.717, 1.165) is 43.6 Å². The Morgan fingerprint density at radius 3 is 2.65 bits per heavy atom. The Balaban J connectivity index is 1.24. The number of hydrogen-bond donors (Lipinski definition) is 2. The molecule has 4 aliphatic heterocycles. The number of rotatable bonds is 4. The number of nitrogens with zero attached hydrogens (tertiary/aromatic N) is 2. The van der Waals surface area contributed by atoms with Gasteiger partial charge in [0.2, 0.25) is 11.8 Å². The van der Waals surface area contributed by atoms with Crippen LogP contribution in [0.25, 0.3) is 0 Å². The molecule has 0 saturated carbocycles. The molecule has 0 bridgehead atoms. The lowest BCUT2D eigenvalue weighted by Gasteiger charge is -2.38. The predicted octanol–water partition coefficient (Wildman–Crippen LogP) is 1.66. The van der Waals surface area contributed by atoms with Crippen molar-refractivity contribution in [1.82, 2.24) is 20.4 Å². The van der Waals surface area contributed by atoms with E-state index < -0.39 is 6.04 Å². The highest BCUT2D eigenvalue weighted by atomic mass is 16.2. The van der Waals surface area contributed by atoms with Crippen LogP contribution in [0.4, 0.5) is 0 Å². The summed E-state index contributed by atoms with van der Waals surface area (Å²) in [7, 11) is 0. The summed E-state index contributed by atoms with van der Waals surface area (Å²) in [5, 5.41) is 5.85. The van der Waals surface area contributed by atoms with Crippen LogP contribution in [0.3, 0.4) is 0 Å². The van der Waals surface area contributed by atoms with E-state index in [9.17, 15) is 14.4 Å². The monoisotopic (exact) mass is 424 g/mol. The van der Waals surface area contributed by atoms with Crippen LogP contribution in [0.15, 0.2) is 18.2 Å². The molecule has 1 aromatic carbocycles. The molecule has 1 aromatic rings. The van der Waals surface area contributed by atoms with Gasteiger partial charge in [0, 0.05) is 31.6 Å². The number of nitrogens with one attached hydrogen (secondary N) is 2. The molecule has 4 aliphatic rings. The fourth-order valence-corrected chi connectivity index (χ4v) is 5.92.